The highest BCUT2D eigenvalue weighted by molar-refractivity contribution is 5.78. The average Bonchev–Trinajstić information content (AvgIpc) is 2.71. The van der Waals surface area contributed by atoms with Crippen LogP contribution in [0.2, 0.25) is 0 Å². The quantitative estimate of drug-likeness (QED) is 0.755. The summed E-state index contributed by atoms with van der Waals surface area (Å²) in [4.78, 5) is 17.0. The lowest BCUT2D eigenvalue weighted by atomic mass is 10.0. The fourth-order valence-corrected chi connectivity index (χ4v) is 3.82. The third-order valence-electron chi connectivity index (χ3n) is 5.88. The van der Waals surface area contributed by atoms with E-state index >= 15 is 0 Å². The molecule has 1 saturated heterocycles. The molecule has 1 fully saturated rings. The van der Waals surface area contributed by atoms with E-state index in [1.807, 2.05) is 6.92 Å². The van der Waals surface area contributed by atoms with Crippen LogP contribution in [-0.2, 0) is 11.3 Å². The maximum Gasteiger partial charge on any atom is 0.234 e. The summed E-state index contributed by atoms with van der Waals surface area (Å²) in [6.45, 7) is 10.5. The number of rotatable bonds is 7. The van der Waals surface area contributed by atoms with Crippen molar-refractivity contribution in [2.75, 3.05) is 39.8 Å². The molecule has 1 N–H and O–H groups in total. The van der Waals surface area contributed by atoms with Gasteiger partial charge in [-0.1, -0.05) is 18.2 Å². The first-order chi connectivity index (χ1) is 14.4. The van der Waals surface area contributed by atoms with Crippen molar-refractivity contribution >= 4 is 5.91 Å². The van der Waals surface area contributed by atoms with Crippen molar-refractivity contribution in [1.82, 2.24) is 15.1 Å². The third-order valence-corrected chi connectivity index (χ3v) is 5.88. The minimum absolute atomic E-state index is 0.0152. The molecule has 6 heteroatoms. The monoisotopic (exact) mass is 413 g/mol. The van der Waals surface area contributed by atoms with Crippen LogP contribution < -0.4 is 10.1 Å². The van der Waals surface area contributed by atoms with Crippen LogP contribution in [0.15, 0.2) is 36.4 Å². The highest BCUT2D eigenvalue weighted by Crippen LogP contribution is 2.22. The van der Waals surface area contributed by atoms with Crippen molar-refractivity contribution < 1.29 is 13.9 Å². The Morgan fingerprint density at radius 3 is 2.43 bits per heavy atom. The number of hydrogen-bond acceptors (Lipinski definition) is 4. The zero-order valence-corrected chi connectivity index (χ0v) is 18.4. The predicted molar refractivity (Wildman–Crippen MR) is 117 cm³/mol. The molecule has 0 radical (unpaired) electrons. The van der Waals surface area contributed by atoms with Crippen molar-refractivity contribution in [3.8, 4) is 5.75 Å². The van der Waals surface area contributed by atoms with E-state index in [4.69, 9.17) is 4.74 Å². The highest BCUT2D eigenvalue weighted by atomic mass is 19.1. The number of carbonyl (C=O) groups is 1. The van der Waals surface area contributed by atoms with Crippen LogP contribution in [0.4, 0.5) is 4.39 Å². The van der Waals surface area contributed by atoms with E-state index in [0.717, 1.165) is 37.3 Å². The zero-order valence-electron chi connectivity index (χ0n) is 18.4. The Kier molecular flexibility index (Phi) is 7.45. The first kappa shape index (κ1) is 22.2. The lowest BCUT2D eigenvalue weighted by Gasteiger charge is -2.34. The minimum atomic E-state index is -0.251. The maximum absolute atomic E-state index is 13.6. The molecule has 0 unspecified atom stereocenters. The summed E-state index contributed by atoms with van der Waals surface area (Å²) in [5.41, 5.74) is 4.47. The van der Waals surface area contributed by atoms with E-state index in [2.05, 4.69) is 47.2 Å². The molecule has 2 aromatic carbocycles. The van der Waals surface area contributed by atoms with Crippen molar-refractivity contribution in [2.24, 2.45) is 0 Å². The molecule has 0 aromatic heterocycles. The summed E-state index contributed by atoms with van der Waals surface area (Å²) in [7, 11) is 1.60. The van der Waals surface area contributed by atoms with Crippen molar-refractivity contribution in [3.05, 3.63) is 64.5 Å². The van der Waals surface area contributed by atoms with Gasteiger partial charge in [0.1, 0.15) is 11.6 Å². The topological polar surface area (TPSA) is 44.8 Å². The molecular weight excluding hydrogens is 381 g/mol. The molecule has 3 rings (SSSR count). The summed E-state index contributed by atoms with van der Waals surface area (Å²) in [6, 6.07) is 10.9. The predicted octanol–water partition coefficient (Wildman–Crippen LogP) is 3.45. The number of carbonyl (C=O) groups excluding carboxylic acids is 1. The van der Waals surface area contributed by atoms with Crippen LogP contribution in [0, 0.1) is 19.7 Å². The van der Waals surface area contributed by atoms with Gasteiger partial charge in [0.2, 0.25) is 5.91 Å². The Morgan fingerprint density at radius 1 is 1.07 bits per heavy atom. The van der Waals surface area contributed by atoms with Gasteiger partial charge < -0.3 is 10.1 Å². The van der Waals surface area contributed by atoms with Crippen LogP contribution in [-0.4, -0.2) is 55.5 Å². The second kappa shape index (κ2) is 10.0. The molecule has 5 nitrogen and oxygen atoms in total. The van der Waals surface area contributed by atoms with Crippen LogP contribution in [0.25, 0.3) is 0 Å². The third kappa shape index (κ3) is 5.80. The lowest BCUT2D eigenvalue weighted by molar-refractivity contribution is -0.123. The van der Waals surface area contributed by atoms with Gasteiger partial charge in [-0.15, -0.1) is 0 Å². The van der Waals surface area contributed by atoms with Gasteiger partial charge in [-0.25, -0.2) is 4.39 Å². The summed E-state index contributed by atoms with van der Waals surface area (Å²) in [6.07, 6.45) is 0. The van der Waals surface area contributed by atoms with Gasteiger partial charge >= 0.3 is 0 Å². The molecule has 1 amide bonds. The molecule has 0 saturated carbocycles. The molecule has 2 aromatic rings. The van der Waals surface area contributed by atoms with Crippen LogP contribution >= 0.6 is 0 Å². The number of amides is 1. The fraction of sp³-hybridized carbons (Fsp3) is 0.458. The lowest BCUT2D eigenvalue weighted by Crippen LogP contribution is -2.49. The molecule has 0 bridgehead atoms. The van der Waals surface area contributed by atoms with E-state index in [1.54, 1.807) is 13.2 Å². The van der Waals surface area contributed by atoms with Gasteiger partial charge in [0.25, 0.3) is 0 Å². The van der Waals surface area contributed by atoms with Gasteiger partial charge in [-0.3, -0.25) is 14.6 Å². The molecule has 30 heavy (non-hydrogen) atoms. The molecule has 162 valence electrons. The Labute approximate surface area is 178 Å². The zero-order chi connectivity index (χ0) is 21.7. The van der Waals surface area contributed by atoms with Crippen LogP contribution in [0.5, 0.6) is 5.75 Å². The van der Waals surface area contributed by atoms with Gasteiger partial charge in [0.15, 0.2) is 0 Å². The van der Waals surface area contributed by atoms with E-state index in [0.29, 0.717) is 18.8 Å². The Bertz CT molecular complexity index is 879. The number of nitrogens with one attached hydrogen (secondary N) is 1. The SMILES string of the molecule is COc1ccc(F)cc1CN1CCN(CC(=O)N[C@@H](C)c2ccc(C)c(C)c2)CC1. The molecule has 1 heterocycles. The second-order valence-corrected chi connectivity index (χ2v) is 8.14. The van der Waals surface area contributed by atoms with E-state index < -0.39 is 0 Å². The number of benzene rings is 2. The van der Waals surface area contributed by atoms with E-state index in [9.17, 15) is 9.18 Å². The fourth-order valence-electron chi connectivity index (χ4n) is 3.82. The smallest absolute Gasteiger partial charge is 0.234 e. The van der Waals surface area contributed by atoms with Crippen molar-refractivity contribution in [3.63, 3.8) is 0 Å². The molecule has 0 aliphatic carbocycles. The molecule has 0 spiro atoms. The highest BCUT2D eigenvalue weighted by Gasteiger charge is 2.21. The molecular formula is C24H32FN3O2. The summed E-state index contributed by atoms with van der Waals surface area (Å²) < 4.78 is 18.9. The first-order valence-corrected chi connectivity index (χ1v) is 10.5. The number of methoxy groups -OCH3 is 1. The van der Waals surface area contributed by atoms with Gasteiger partial charge in [0, 0.05) is 38.3 Å². The molecule has 1 atom stereocenters. The second-order valence-electron chi connectivity index (χ2n) is 8.14. The van der Waals surface area contributed by atoms with Crippen molar-refractivity contribution in [1.29, 1.82) is 0 Å². The maximum atomic E-state index is 13.6. The minimum Gasteiger partial charge on any atom is -0.496 e. The molecule has 1 aliphatic heterocycles. The first-order valence-electron chi connectivity index (χ1n) is 10.5. The average molecular weight is 414 g/mol. The Morgan fingerprint density at radius 2 is 1.77 bits per heavy atom. The van der Waals surface area contributed by atoms with Gasteiger partial charge in [-0.05, 0) is 55.7 Å². The number of halogens is 1. The van der Waals surface area contributed by atoms with Crippen LogP contribution in [0.1, 0.15) is 35.2 Å². The normalized spacial score (nSPS) is 16.3. The Hall–Kier alpha value is -2.44. The number of hydrogen-bond donors (Lipinski definition) is 1. The van der Waals surface area contributed by atoms with Crippen molar-refractivity contribution in [2.45, 2.75) is 33.4 Å². The van der Waals surface area contributed by atoms with Gasteiger partial charge in [-0.2, -0.15) is 0 Å². The standard InChI is InChI=1S/C24H32FN3O2/c1-17-5-6-20(13-18(17)2)19(3)26-24(29)16-28-11-9-27(10-12-28)15-21-14-22(25)7-8-23(21)30-4/h5-8,13-14,19H,9-12,15-16H2,1-4H3,(H,26,29)/t19-/m0/s1. The number of ether oxygens (including phenoxy) is 1. The number of aryl methyl sites for hydroxylation is 2. The number of piperazine rings is 1. The largest absolute Gasteiger partial charge is 0.496 e. The van der Waals surface area contributed by atoms with Gasteiger partial charge in [0.05, 0.1) is 19.7 Å². The summed E-state index contributed by atoms with van der Waals surface area (Å²) >= 11 is 0. The van der Waals surface area contributed by atoms with E-state index in [-0.39, 0.29) is 17.8 Å². The summed E-state index contributed by atoms with van der Waals surface area (Å²) in [5, 5.41) is 3.11. The van der Waals surface area contributed by atoms with E-state index in [1.165, 1.54) is 23.3 Å². The molecule has 1 aliphatic rings. The summed E-state index contributed by atoms with van der Waals surface area (Å²) in [5.74, 6) is 0.499. The number of nitrogens with zero attached hydrogens (tertiary/aromatic N) is 2. The Balaban J connectivity index is 1.46. The van der Waals surface area contributed by atoms with Crippen LogP contribution in [0.3, 0.4) is 0 Å².